The molecule has 3 rings (SSSR count). The van der Waals surface area contributed by atoms with Gasteiger partial charge in [0.25, 0.3) is 5.69 Å². The van der Waals surface area contributed by atoms with Gasteiger partial charge in [0, 0.05) is 17.9 Å². The smallest absolute Gasteiger partial charge is 0.416 e. The summed E-state index contributed by atoms with van der Waals surface area (Å²) in [7, 11) is 1.59. The molecular weight excluding hydrogens is 498 g/mol. The Morgan fingerprint density at radius 3 is 2.49 bits per heavy atom. The fourth-order valence-electron chi connectivity index (χ4n) is 3.70. The molecule has 2 aromatic carbocycles. The number of benzene rings is 2. The third kappa shape index (κ3) is 6.67. The van der Waals surface area contributed by atoms with Crippen LogP contribution in [-0.4, -0.2) is 46.9 Å². The van der Waals surface area contributed by atoms with Crippen LogP contribution in [-0.2, 0) is 20.0 Å². The molecule has 0 bridgehead atoms. The van der Waals surface area contributed by atoms with Gasteiger partial charge in [-0.05, 0) is 51.0 Å². The zero-order valence-corrected chi connectivity index (χ0v) is 22.1. The zero-order chi connectivity index (χ0) is 27.1. The molecule has 196 valence electrons. The molecule has 0 radical (unpaired) electrons. The van der Waals surface area contributed by atoms with Crippen LogP contribution in [0, 0.1) is 10.1 Å². The largest absolute Gasteiger partial charge is 0.497 e. The van der Waals surface area contributed by atoms with Crippen LogP contribution in [0.25, 0.3) is 0 Å². The summed E-state index contributed by atoms with van der Waals surface area (Å²) in [5.41, 5.74) is 1.59. The average Bonchev–Trinajstić information content (AvgIpc) is 2.86. The van der Waals surface area contributed by atoms with E-state index in [-0.39, 0.29) is 17.9 Å². The fourth-order valence-corrected chi connectivity index (χ4v) is 4.71. The van der Waals surface area contributed by atoms with Gasteiger partial charge in [0.05, 0.1) is 36.0 Å². The molecule has 0 aromatic heterocycles. The number of non-ortho nitro benzene ring substituents is 1. The number of nitro benzene ring substituents is 1. The first-order chi connectivity index (χ1) is 17.7. The van der Waals surface area contributed by atoms with Crippen LogP contribution in [0.1, 0.15) is 44.9 Å². The minimum Gasteiger partial charge on any atom is -0.497 e. The van der Waals surface area contributed by atoms with Crippen molar-refractivity contribution in [2.24, 2.45) is 4.99 Å². The highest BCUT2D eigenvalue weighted by Crippen LogP contribution is 2.40. The van der Waals surface area contributed by atoms with Crippen LogP contribution in [0.4, 0.5) is 10.5 Å². The SMILES string of the molecule is CCOC(=O)N1C(SCc2ccc(OC)cc2)=NC(C)=C(C(=O)OC(C)C)C1c1cccc([N+](=O)[O-])c1. The van der Waals surface area contributed by atoms with E-state index in [1.807, 2.05) is 24.3 Å². The van der Waals surface area contributed by atoms with Crippen molar-refractivity contribution in [3.05, 3.63) is 81.0 Å². The standard InChI is InChI=1S/C26H29N3O7S/c1-6-35-26(31)28-23(19-8-7-9-20(14-19)29(32)33)22(24(30)36-16(2)3)17(4)27-25(28)37-15-18-10-12-21(34-5)13-11-18/h7-14,16,23H,6,15H2,1-5H3. The number of rotatable bonds is 8. The van der Waals surface area contributed by atoms with E-state index in [1.165, 1.54) is 34.9 Å². The highest BCUT2D eigenvalue weighted by Gasteiger charge is 2.41. The van der Waals surface area contributed by atoms with Crippen molar-refractivity contribution < 1.29 is 28.7 Å². The van der Waals surface area contributed by atoms with E-state index in [2.05, 4.69) is 4.99 Å². The zero-order valence-electron chi connectivity index (χ0n) is 21.3. The number of esters is 1. The maximum atomic E-state index is 13.3. The fraction of sp³-hybridized carbons (Fsp3) is 0.346. The molecule has 10 nitrogen and oxygen atoms in total. The topological polar surface area (TPSA) is 121 Å². The summed E-state index contributed by atoms with van der Waals surface area (Å²) >= 11 is 1.28. The maximum Gasteiger partial charge on any atom is 0.416 e. The monoisotopic (exact) mass is 527 g/mol. The number of amidine groups is 1. The minimum atomic E-state index is -1.04. The molecule has 1 aliphatic heterocycles. The molecule has 11 heteroatoms. The molecule has 0 spiro atoms. The van der Waals surface area contributed by atoms with Gasteiger partial charge in [-0.3, -0.25) is 10.1 Å². The normalized spacial score (nSPS) is 15.4. The van der Waals surface area contributed by atoms with Crippen LogP contribution in [0.3, 0.4) is 0 Å². The Hall–Kier alpha value is -3.86. The van der Waals surface area contributed by atoms with E-state index in [0.29, 0.717) is 22.2 Å². The summed E-state index contributed by atoms with van der Waals surface area (Å²) < 4.78 is 16.0. The van der Waals surface area contributed by atoms with Gasteiger partial charge >= 0.3 is 12.1 Å². The molecule has 0 saturated carbocycles. The van der Waals surface area contributed by atoms with Crippen molar-refractivity contribution in [3.63, 3.8) is 0 Å². The Kier molecular flexibility index (Phi) is 9.29. The van der Waals surface area contributed by atoms with Crippen LogP contribution in [0.2, 0.25) is 0 Å². The Balaban J connectivity index is 2.12. The Morgan fingerprint density at radius 1 is 1.19 bits per heavy atom. The lowest BCUT2D eigenvalue weighted by atomic mass is 9.94. The minimum absolute atomic E-state index is 0.0852. The predicted molar refractivity (Wildman–Crippen MR) is 140 cm³/mol. The molecule has 1 unspecified atom stereocenters. The van der Waals surface area contributed by atoms with Gasteiger partial charge in [-0.25, -0.2) is 19.5 Å². The van der Waals surface area contributed by atoms with E-state index in [0.717, 1.165) is 11.3 Å². The van der Waals surface area contributed by atoms with Crippen molar-refractivity contribution in [3.8, 4) is 5.75 Å². The lowest BCUT2D eigenvalue weighted by Crippen LogP contribution is -2.44. The summed E-state index contributed by atoms with van der Waals surface area (Å²) in [5, 5.41) is 11.8. The number of hydrogen-bond acceptors (Lipinski definition) is 9. The van der Waals surface area contributed by atoms with Crippen molar-refractivity contribution in [1.29, 1.82) is 0 Å². The lowest BCUT2D eigenvalue weighted by Gasteiger charge is -2.36. The third-order valence-electron chi connectivity index (χ3n) is 5.34. The first-order valence-electron chi connectivity index (χ1n) is 11.6. The second kappa shape index (κ2) is 12.4. The van der Waals surface area contributed by atoms with Crippen molar-refractivity contribution >= 4 is 34.7 Å². The molecule has 2 aromatic rings. The van der Waals surface area contributed by atoms with Gasteiger partial charge in [-0.15, -0.1) is 0 Å². The number of carbonyl (C=O) groups is 2. The summed E-state index contributed by atoms with van der Waals surface area (Å²) in [6.45, 7) is 6.82. The third-order valence-corrected chi connectivity index (χ3v) is 6.37. The van der Waals surface area contributed by atoms with Crippen molar-refractivity contribution in [2.45, 2.75) is 45.6 Å². The number of hydrogen-bond donors (Lipinski definition) is 0. The van der Waals surface area contributed by atoms with E-state index in [9.17, 15) is 19.7 Å². The second-order valence-corrected chi connectivity index (χ2v) is 9.25. The number of thioether (sulfide) groups is 1. The quantitative estimate of drug-likeness (QED) is 0.246. The van der Waals surface area contributed by atoms with E-state index < -0.39 is 29.1 Å². The lowest BCUT2D eigenvalue weighted by molar-refractivity contribution is -0.384. The number of aliphatic imine (C=N–C) groups is 1. The maximum absolute atomic E-state index is 13.3. The summed E-state index contributed by atoms with van der Waals surface area (Å²) in [4.78, 5) is 43.3. The molecule has 1 aliphatic rings. The molecule has 1 atom stereocenters. The van der Waals surface area contributed by atoms with Crippen molar-refractivity contribution in [1.82, 2.24) is 4.90 Å². The first-order valence-corrected chi connectivity index (χ1v) is 12.6. The Bertz CT molecular complexity index is 1220. The van der Waals surface area contributed by atoms with Gasteiger partial charge in [-0.2, -0.15) is 0 Å². The number of nitro groups is 1. The molecule has 0 N–H and O–H groups in total. The highest BCUT2D eigenvalue weighted by molar-refractivity contribution is 8.13. The van der Waals surface area contributed by atoms with Crippen LogP contribution in [0.5, 0.6) is 5.75 Å². The van der Waals surface area contributed by atoms with Gasteiger partial charge in [0.2, 0.25) is 0 Å². The molecule has 0 fully saturated rings. The molecular formula is C26H29N3O7S. The average molecular weight is 528 g/mol. The van der Waals surface area contributed by atoms with E-state index in [4.69, 9.17) is 14.2 Å². The number of ether oxygens (including phenoxy) is 3. The van der Waals surface area contributed by atoms with Gasteiger partial charge in [0.1, 0.15) is 11.8 Å². The molecule has 0 aliphatic carbocycles. The van der Waals surface area contributed by atoms with E-state index in [1.54, 1.807) is 40.9 Å². The number of methoxy groups -OCH3 is 1. The van der Waals surface area contributed by atoms with E-state index >= 15 is 0 Å². The van der Waals surface area contributed by atoms with Crippen LogP contribution < -0.4 is 4.74 Å². The van der Waals surface area contributed by atoms with Gasteiger partial charge < -0.3 is 14.2 Å². The summed E-state index contributed by atoms with van der Waals surface area (Å²) in [5.74, 6) is 0.510. The number of carbonyl (C=O) groups excluding carboxylic acids is 2. The summed E-state index contributed by atoms with van der Waals surface area (Å²) in [6.07, 6.45) is -1.16. The summed E-state index contributed by atoms with van der Waals surface area (Å²) in [6, 6.07) is 12.2. The molecule has 0 saturated heterocycles. The molecule has 1 amide bonds. The number of amides is 1. The van der Waals surface area contributed by atoms with Crippen molar-refractivity contribution in [2.75, 3.05) is 13.7 Å². The van der Waals surface area contributed by atoms with Crippen LogP contribution >= 0.6 is 11.8 Å². The predicted octanol–water partition coefficient (Wildman–Crippen LogP) is 5.63. The highest BCUT2D eigenvalue weighted by atomic mass is 32.2. The second-order valence-electron chi connectivity index (χ2n) is 8.31. The number of nitrogens with zero attached hydrogens (tertiary/aromatic N) is 3. The van der Waals surface area contributed by atoms with Gasteiger partial charge in [-0.1, -0.05) is 36.0 Å². The Labute approximate surface area is 219 Å². The number of allylic oxidation sites excluding steroid dienone is 1. The Morgan fingerprint density at radius 2 is 1.89 bits per heavy atom. The first kappa shape index (κ1) is 27.7. The van der Waals surface area contributed by atoms with Gasteiger partial charge in [0.15, 0.2) is 5.17 Å². The van der Waals surface area contributed by atoms with Crippen LogP contribution in [0.15, 0.2) is 64.8 Å². The molecule has 37 heavy (non-hydrogen) atoms. The molecule has 1 heterocycles.